The van der Waals surface area contributed by atoms with Crippen molar-refractivity contribution in [3.63, 3.8) is 0 Å². The van der Waals surface area contributed by atoms with Gasteiger partial charge in [0.05, 0.1) is 11.5 Å². The van der Waals surface area contributed by atoms with E-state index in [-0.39, 0.29) is 30.0 Å². The van der Waals surface area contributed by atoms with Gasteiger partial charge in [-0.1, -0.05) is 6.08 Å². The largest absolute Gasteiger partial charge is 0.487 e. The predicted octanol–water partition coefficient (Wildman–Crippen LogP) is 2.14. The Morgan fingerprint density at radius 2 is 2.22 bits per heavy atom. The molecule has 1 aromatic rings. The van der Waals surface area contributed by atoms with Crippen LogP contribution in [0, 0.1) is 10.1 Å². The molecule has 0 spiro atoms. The second-order valence-corrected chi connectivity index (χ2v) is 4.60. The first-order chi connectivity index (χ1) is 10.9. The average Bonchev–Trinajstić information content (AvgIpc) is 2.51. The summed E-state index contributed by atoms with van der Waals surface area (Å²) in [6.07, 6.45) is 2.15. The number of nitro groups is 1. The summed E-state index contributed by atoms with van der Waals surface area (Å²) in [5.41, 5.74) is -0.359. The fraction of sp³-hybridized carbons (Fsp3) is 0.333. The number of carbonyl (C=O) groups excluding carboxylic acids is 1. The van der Waals surface area contributed by atoms with Gasteiger partial charge in [0.1, 0.15) is 6.04 Å². The number of nitro benzene ring substituents is 1. The van der Waals surface area contributed by atoms with E-state index >= 15 is 0 Å². The van der Waals surface area contributed by atoms with Crippen LogP contribution in [0.5, 0.6) is 5.75 Å². The number of benzene rings is 1. The van der Waals surface area contributed by atoms with Crippen LogP contribution in [-0.4, -0.2) is 34.6 Å². The van der Waals surface area contributed by atoms with Crippen LogP contribution >= 0.6 is 0 Å². The van der Waals surface area contributed by atoms with Gasteiger partial charge in [0.15, 0.2) is 5.75 Å². The van der Waals surface area contributed by atoms with E-state index in [9.17, 15) is 19.7 Å². The van der Waals surface area contributed by atoms with Crippen LogP contribution in [-0.2, 0) is 4.79 Å². The molecule has 0 aliphatic carbocycles. The van der Waals surface area contributed by atoms with Crippen LogP contribution in [0.25, 0.3) is 0 Å². The number of carboxylic acids is 1. The predicted molar refractivity (Wildman–Crippen MR) is 82.6 cm³/mol. The molecule has 0 heterocycles. The van der Waals surface area contributed by atoms with Gasteiger partial charge in [0, 0.05) is 11.6 Å². The second kappa shape index (κ2) is 8.52. The minimum atomic E-state index is -1.18. The van der Waals surface area contributed by atoms with E-state index in [4.69, 9.17) is 9.84 Å². The minimum absolute atomic E-state index is 0.00925. The van der Waals surface area contributed by atoms with Gasteiger partial charge in [-0.05, 0) is 31.9 Å². The van der Waals surface area contributed by atoms with Crippen LogP contribution in [0.1, 0.15) is 30.1 Å². The van der Waals surface area contributed by atoms with Crippen molar-refractivity contribution in [2.45, 2.75) is 25.8 Å². The lowest BCUT2D eigenvalue weighted by atomic mass is 10.1. The van der Waals surface area contributed by atoms with E-state index in [0.717, 1.165) is 6.07 Å². The summed E-state index contributed by atoms with van der Waals surface area (Å²) in [5.74, 6) is -1.83. The molecule has 0 aliphatic rings. The molecular weight excluding hydrogens is 304 g/mol. The Bertz CT molecular complexity index is 614. The third kappa shape index (κ3) is 5.10. The number of carbonyl (C=O) groups is 2. The molecule has 0 fully saturated rings. The maximum absolute atomic E-state index is 12.1. The highest BCUT2D eigenvalue weighted by molar-refractivity contribution is 5.97. The lowest BCUT2D eigenvalue weighted by molar-refractivity contribution is -0.385. The number of amides is 1. The summed E-state index contributed by atoms with van der Waals surface area (Å²) in [5, 5.41) is 22.4. The molecule has 0 aromatic heterocycles. The summed E-state index contributed by atoms with van der Waals surface area (Å²) < 4.78 is 5.13. The van der Waals surface area contributed by atoms with Crippen LogP contribution < -0.4 is 10.1 Å². The van der Waals surface area contributed by atoms with Crippen molar-refractivity contribution in [3.8, 4) is 5.75 Å². The zero-order valence-corrected chi connectivity index (χ0v) is 12.7. The van der Waals surface area contributed by atoms with Gasteiger partial charge in [0.25, 0.3) is 5.91 Å². The molecule has 2 N–H and O–H groups in total. The van der Waals surface area contributed by atoms with Gasteiger partial charge in [-0.2, -0.15) is 0 Å². The molecular formula is C15H18N2O6. The Morgan fingerprint density at radius 3 is 2.74 bits per heavy atom. The van der Waals surface area contributed by atoms with Crippen molar-refractivity contribution >= 4 is 17.6 Å². The molecule has 1 atom stereocenters. The van der Waals surface area contributed by atoms with E-state index in [0.29, 0.717) is 6.42 Å². The Hall–Kier alpha value is -2.90. The number of carboxylic acid groups (broad SMARTS) is 1. The Kier molecular flexibility index (Phi) is 6.72. The molecule has 0 aliphatic heterocycles. The van der Waals surface area contributed by atoms with Crippen LogP contribution in [0.15, 0.2) is 30.9 Å². The van der Waals surface area contributed by atoms with Crippen LogP contribution in [0.3, 0.4) is 0 Å². The molecule has 1 aromatic carbocycles. The van der Waals surface area contributed by atoms with Gasteiger partial charge in [-0.3, -0.25) is 14.9 Å². The highest BCUT2D eigenvalue weighted by atomic mass is 16.6. The number of allylic oxidation sites excluding steroid dienone is 1. The standard InChI is InChI=1S/C15H18N2O6/c1-3-5-6-11(15(19)20)16-14(18)10-7-8-13(23-4-2)12(9-10)17(21)22/h3,7-9,11H,1,4-6H2,2H3,(H,16,18)(H,19,20). The third-order valence-corrected chi connectivity index (χ3v) is 2.98. The fourth-order valence-corrected chi connectivity index (χ4v) is 1.86. The number of nitrogens with zero attached hydrogens (tertiary/aromatic N) is 1. The van der Waals surface area contributed by atoms with E-state index in [1.54, 1.807) is 13.0 Å². The second-order valence-electron chi connectivity index (χ2n) is 4.60. The van der Waals surface area contributed by atoms with E-state index in [2.05, 4.69) is 11.9 Å². The smallest absolute Gasteiger partial charge is 0.326 e. The summed E-state index contributed by atoms with van der Waals surface area (Å²) >= 11 is 0. The maximum Gasteiger partial charge on any atom is 0.326 e. The van der Waals surface area contributed by atoms with Gasteiger partial charge < -0.3 is 15.2 Å². The zero-order valence-electron chi connectivity index (χ0n) is 12.7. The summed E-state index contributed by atoms with van der Waals surface area (Å²) in [7, 11) is 0. The average molecular weight is 322 g/mol. The highest BCUT2D eigenvalue weighted by Gasteiger charge is 2.23. The van der Waals surface area contributed by atoms with Crippen molar-refractivity contribution in [1.29, 1.82) is 0 Å². The Morgan fingerprint density at radius 1 is 1.52 bits per heavy atom. The molecule has 1 amide bonds. The zero-order chi connectivity index (χ0) is 17.4. The molecule has 23 heavy (non-hydrogen) atoms. The summed E-state index contributed by atoms with van der Waals surface area (Å²) in [6, 6.07) is 2.63. The van der Waals surface area contributed by atoms with E-state index in [1.165, 1.54) is 12.1 Å². The van der Waals surface area contributed by atoms with Gasteiger partial charge >= 0.3 is 11.7 Å². The van der Waals surface area contributed by atoms with Gasteiger partial charge in [-0.15, -0.1) is 6.58 Å². The van der Waals surface area contributed by atoms with Crippen molar-refractivity contribution in [2.75, 3.05) is 6.61 Å². The first kappa shape index (κ1) is 18.1. The molecule has 0 saturated heterocycles. The number of hydrogen-bond donors (Lipinski definition) is 2. The molecule has 0 radical (unpaired) electrons. The van der Waals surface area contributed by atoms with Crippen molar-refractivity contribution in [1.82, 2.24) is 5.32 Å². The topological polar surface area (TPSA) is 119 Å². The molecule has 0 bridgehead atoms. The van der Waals surface area contributed by atoms with E-state index in [1.807, 2.05) is 0 Å². The normalized spacial score (nSPS) is 11.3. The van der Waals surface area contributed by atoms with Crippen LogP contribution in [0.4, 0.5) is 5.69 Å². The molecule has 124 valence electrons. The van der Waals surface area contributed by atoms with Crippen molar-refractivity contribution in [2.24, 2.45) is 0 Å². The number of rotatable bonds is 9. The lowest BCUT2D eigenvalue weighted by Gasteiger charge is -2.14. The number of ether oxygens (including phenoxy) is 1. The highest BCUT2D eigenvalue weighted by Crippen LogP contribution is 2.28. The SMILES string of the molecule is C=CCCC(NC(=O)c1ccc(OCC)c([N+](=O)[O-])c1)C(=O)O. The Balaban J connectivity index is 2.98. The first-order valence-electron chi connectivity index (χ1n) is 6.96. The van der Waals surface area contributed by atoms with Crippen molar-refractivity contribution in [3.05, 3.63) is 46.5 Å². The number of hydrogen-bond acceptors (Lipinski definition) is 5. The quantitative estimate of drug-likeness (QED) is 0.408. The van der Waals surface area contributed by atoms with Gasteiger partial charge in [0.2, 0.25) is 0 Å². The van der Waals surface area contributed by atoms with E-state index < -0.39 is 22.8 Å². The summed E-state index contributed by atoms with van der Waals surface area (Å²) in [4.78, 5) is 33.6. The first-order valence-corrected chi connectivity index (χ1v) is 6.96. The maximum atomic E-state index is 12.1. The lowest BCUT2D eigenvalue weighted by Crippen LogP contribution is -2.40. The van der Waals surface area contributed by atoms with Crippen LogP contribution in [0.2, 0.25) is 0 Å². The molecule has 0 saturated carbocycles. The fourth-order valence-electron chi connectivity index (χ4n) is 1.86. The molecule has 8 heteroatoms. The molecule has 1 unspecified atom stereocenters. The van der Waals surface area contributed by atoms with Crippen molar-refractivity contribution < 1.29 is 24.4 Å². The molecule has 8 nitrogen and oxygen atoms in total. The molecule has 1 rings (SSSR count). The Labute approximate surface area is 132 Å². The van der Waals surface area contributed by atoms with Gasteiger partial charge in [-0.25, -0.2) is 4.79 Å². The monoisotopic (exact) mass is 322 g/mol. The summed E-state index contributed by atoms with van der Waals surface area (Å²) in [6.45, 7) is 5.42. The number of aliphatic carboxylic acids is 1. The third-order valence-electron chi connectivity index (χ3n) is 2.98. The number of nitrogens with one attached hydrogen (secondary N) is 1. The minimum Gasteiger partial charge on any atom is -0.487 e.